The van der Waals surface area contributed by atoms with Gasteiger partial charge in [-0.15, -0.1) is 0 Å². The summed E-state index contributed by atoms with van der Waals surface area (Å²) in [5.41, 5.74) is 3.40. The Morgan fingerprint density at radius 3 is 2.88 bits per heavy atom. The Balaban J connectivity index is 1.51. The molecule has 2 aliphatic rings. The first-order chi connectivity index (χ1) is 12.3. The number of piperidine rings is 1. The Morgan fingerprint density at radius 2 is 2.08 bits per heavy atom. The van der Waals surface area contributed by atoms with Crippen molar-refractivity contribution in [2.45, 2.75) is 38.0 Å². The molecule has 0 radical (unpaired) electrons. The first-order valence-electron chi connectivity index (χ1n) is 9.20. The van der Waals surface area contributed by atoms with E-state index in [-0.39, 0.29) is 5.92 Å². The Morgan fingerprint density at radius 1 is 1.20 bits per heavy atom. The van der Waals surface area contributed by atoms with Crippen LogP contribution < -0.4 is 0 Å². The zero-order chi connectivity index (χ0) is 17.1. The predicted molar refractivity (Wildman–Crippen MR) is 96.9 cm³/mol. The summed E-state index contributed by atoms with van der Waals surface area (Å²) in [6.07, 6.45) is 14.9. The van der Waals surface area contributed by atoms with Crippen LogP contribution in [0.4, 0.5) is 0 Å². The second-order valence-corrected chi connectivity index (χ2v) is 7.04. The van der Waals surface area contributed by atoms with E-state index < -0.39 is 0 Å². The number of H-pyrrole nitrogens is 1. The number of rotatable bonds is 3. The van der Waals surface area contributed by atoms with Crippen LogP contribution in [0.2, 0.25) is 0 Å². The maximum absolute atomic E-state index is 12.9. The van der Waals surface area contributed by atoms with Crippen LogP contribution in [0.25, 0.3) is 11.1 Å². The minimum Gasteiger partial charge on any atom is -0.342 e. The fraction of sp³-hybridized carbons (Fsp3) is 0.450. The summed E-state index contributed by atoms with van der Waals surface area (Å²) in [5, 5.41) is 7.47. The molecular formula is C20H24N4O. The van der Waals surface area contributed by atoms with Crippen molar-refractivity contribution >= 4 is 5.91 Å². The lowest BCUT2D eigenvalue weighted by Gasteiger charge is -2.35. The zero-order valence-corrected chi connectivity index (χ0v) is 14.4. The van der Waals surface area contributed by atoms with Gasteiger partial charge < -0.3 is 4.90 Å². The first kappa shape index (κ1) is 16.1. The number of nitrogens with zero attached hydrogens (tertiary/aromatic N) is 3. The van der Waals surface area contributed by atoms with Crippen LogP contribution in [0.15, 0.2) is 42.9 Å². The van der Waals surface area contributed by atoms with Gasteiger partial charge in [0.25, 0.3) is 0 Å². The number of aromatic nitrogens is 3. The SMILES string of the molecule is O=C([C@H]1CC=CCC1)N1CCC[C@H](c2[nH]ncc2-c2ccncc2)C1. The third kappa shape index (κ3) is 3.36. The minimum absolute atomic E-state index is 0.171. The van der Waals surface area contributed by atoms with Crippen molar-refractivity contribution in [1.82, 2.24) is 20.1 Å². The summed E-state index contributed by atoms with van der Waals surface area (Å²) in [4.78, 5) is 19.1. The van der Waals surface area contributed by atoms with Crippen LogP contribution in [-0.4, -0.2) is 39.1 Å². The average Bonchev–Trinajstić information content (AvgIpc) is 3.19. The lowest BCUT2D eigenvalue weighted by Crippen LogP contribution is -2.42. The van der Waals surface area contributed by atoms with E-state index in [1.807, 2.05) is 18.3 Å². The zero-order valence-electron chi connectivity index (χ0n) is 14.4. The van der Waals surface area contributed by atoms with E-state index in [1.54, 1.807) is 12.4 Å². The standard InChI is InChI=1S/C20H24N4O/c25-20(16-5-2-1-3-6-16)24-12-4-7-17(14-24)19-18(13-22-23-19)15-8-10-21-11-9-15/h1-2,8-11,13,16-17H,3-7,12,14H2,(H,22,23)/t16-,17-/m0/s1. The van der Waals surface area contributed by atoms with Crippen LogP contribution >= 0.6 is 0 Å². The Labute approximate surface area is 148 Å². The van der Waals surface area contributed by atoms with Gasteiger partial charge in [-0.1, -0.05) is 12.2 Å². The monoisotopic (exact) mass is 336 g/mol. The highest BCUT2D eigenvalue weighted by atomic mass is 16.2. The van der Waals surface area contributed by atoms with Crippen LogP contribution in [0.5, 0.6) is 0 Å². The van der Waals surface area contributed by atoms with Gasteiger partial charge >= 0.3 is 0 Å². The summed E-state index contributed by atoms with van der Waals surface area (Å²) < 4.78 is 0. The number of allylic oxidation sites excluding steroid dienone is 2. The summed E-state index contributed by atoms with van der Waals surface area (Å²) in [7, 11) is 0. The molecule has 1 aliphatic carbocycles. The number of pyridine rings is 1. The topological polar surface area (TPSA) is 61.9 Å². The molecule has 2 aromatic heterocycles. The molecule has 1 saturated heterocycles. The van der Waals surface area contributed by atoms with Gasteiger partial charge in [-0.05, 0) is 49.8 Å². The molecule has 1 N–H and O–H groups in total. The van der Waals surface area contributed by atoms with Crippen molar-refractivity contribution in [1.29, 1.82) is 0 Å². The summed E-state index contributed by atoms with van der Waals surface area (Å²) >= 11 is 0. The van der Waals surface area contributed by atoms with Crippen molar-refractivity contribution in [3.63, 3.8) is 0 Å². The summed E-state index contributed by atoms with van der Waals surface area (Å²) in [6, 6.07) is 4.02. The van der Waals surface area contributed by atoms with E-state index >= 15 is 0 Å². The molecule has 1 amide bonds. The van der Waals surface area contributed by atoms with Crippen LogP contribution in [0.3, 0.4) is 0 Å². The molecular weight excluding hydrogens is 312 g/mol. The van der Waals surface area contributed by atoms with Crippen molar-refractivity contribution in [2.24, 2.45) is 5.92 Å². The number of likely N-dealkylation sites (tertiary alicyclic amines) is 1. The maximum Gasteiger partial charge on any atom is 0.226 e. The van der Waals surface area contributed by atoms with Crippen molar-refractivity contribution in [3.8, 4) is 11.1 Å². The van der Waals surface area contributed by atoms with Gasteiger partial charge in [0.05, 0.1) is 6.20 Å². The number of hydrogen-bond donors (Lipinski definition) is 1. The molecule has 25 heavy (non-hydrogen) atoms. The summed E-state index contributed by atoms with van der Waals surface area (Å²) in [5.74, 6) is 0.826. The van der Waals surface area contributed by atoms with E-state index in [1.165, 1.54) is 0 Å². The van der Waals surface area contributed by atoms with Crippen LogP contribution in [0, 0.1) is 5.92 Å². The molecule has 0 unspecified atom stereocenters. The lowest BCUT2D eigenvalue weighted by molar-refractivity contribution is -0.137. The lowest BCUT2D eigenvalue weighted by atomic mass is 9.88. The highest BCUT2D eigenvalue weighted by Gasteiger charge is 2.31. The third-order valence-electron chi connectivity index (χ3n) is 5.42. The molecule has 0 aromatic carbocycles. The van der Waals surface area contributed by atoms with Gasteiger partial charge in [-0.25, -0.2) is 0 Å². The molecule has 2 atom stereocenters. The highest BCUT2D eigenvalue weighted by molar-refractivity contribution is 5.79. The number of aromatic amines is 1. The highest BCUT2D eigenvalue weighted by Crippen LogP contribution is 2.33. The number of carbonyl (C=O) groups is 1. The van der Waals surface area contributed by atoms with Gasteiger partial charge in [-0.3, -0.25) is 14.9 Å². The predicted octanol–water partition coefficient (Wildman–Crippen LogP) is 3.53. The van der Waals surface area contributed by atoms with Gasteiger partial charge in [0.2, 0.25) is 5.91 Å². The second kappa shape index (κ2) is 7.21. The smallest absolute Gasteiger partial charge is 0.226 e. The largest absolute Gasteiger partial charge is 0.342 e. The molecule has 0 bridgehead atoms. The minimum atomic E-state index is 0.171. The maximum atomic E-state index is 12.9. The molecule has 5 heteroatoms. The molecule has 5 nitrogen and oxygen atoms in total. The van der Waals surface area contributed by atoms with Gasteiger partial charge in [0, 0.05) is 48.6 Å². The van der Waals surface area contributed by atoms with E-state index in [9.17, 15) is 4.79 Å². The Hall–Kier alpha value is -2.43. The van der Waals surface area contributed by atoms with Crippen LogP contribution in [0.1, 0.15) is 43.7 Å². The van der Waals surface area contributed by atoms with Crippen LogP contribution in [-0.2, 0) is 4.79 Å². The van der Waals surface area contributed by atoms with E-state index in [2.05, 4.69) is 32.2 Å². The molecule has 3 heterocycles. The average molecular weight is 336 g/mol. The first-order valence-corrected chi connectivity index (χ1v) is 9.20. The van der Waals surface area contributed by atoms with E-state index in [4.69, 9.17) is 0 Å². The molecule has 2 aromatic rings. The van der Waals surface area contributed by atoms with Gasteiger partial charge in [0.15, 0.2) is 0 Å². The third-order valence-corrected chi connectivity index (χ3v) is 5.42. The molecule has 130 valence electrons. The van der Waals surface area contributed by atoms with E-state index in [0.717, 1.165) is 62.0 Å². The fourth-order valence-corrected chi connectivity index (χ4v) is 4.06. The summed E-state index contributed by atoms with van der Waals surface area (Å²) in [6.45, 7) is 1.67. The van der Waals surface area contributed by atoms with E-state index in [0.29, 0.717) is 11.8 Å². The molecule has 1 fully saturated rings. The van der Waals surface area contributed by atoms with Gasteiger partial charge in [0.1, 0.15) is 0 Å². The molecule has 0 spiro atoms. The number of carbonyl (C=O) groups excluding carboxylic acids is 1. The Bertz CT molecular complexity index is 752. The van der Waals surface area contributed by atoms with Crippen molar-refractivity contribution in [2.75, 3.05) is 13.1 Å². The number of hydrogen-bond acceptors (Lipinski definition) is 3. The van der Waals surface area contributed by atoms with Gasteiger partial charge in [-0.2, -0.15) is 5.10 Å². The molecule has 4 rings (SSSR count). The van der Waals surface area contributed by atoms with Crippen molar-refractivity contribution in [3.05, 3.63) is 48.6 Å². The fourth-order valence-electron chi connectivity index (χ4n) is 4.06. The quantitative estimate of drug-likeness (QED) is 0.872. The van der Waals surface area contributed by atoms with Crippen molar-refractivity contribution < 1.29 is 4.79 Å². The molecule has 0 saturated carbocycles. The normalized spacial score (nSPS) is 23.6. The second-order valence-electron chi connectivity index (χ2n) is 7.04. The number of nitrogens with one attached hydrogen (secondary N) is 1. The Kier molecular flexibility index (Phi) is 4.63. The molecule has 1 aliphatic heterocycles. The number of amides is 1.